The van der Waals surface area contributed by atoms with Crippen molar-refractivity contribution in [2.75, 3.05) is 16.6 Å². The fraction of sp³-hybridized carbons (Fsp3) is 0.154. The molecule has 2 rings (SSSR count). The summed E-state index contributed by atoms with van der Waals surface area (Å²) in [5.41, 5.74) is 6.04. The van der Waals surface area contributed by atoms with E-state index in [1.165, 1.54) is 36.7 Å². The molecule has 0 spiro atoms. The molecule has 1 heterocycles. The van der Waals surface area contributed by atoms with Crippen molar-refractivity contribution < 1.29 is 12.8 Å². The standard InChI is InChI=1S/C13H14FN3O2S/c1-2-17(11-5-3-4-10(14)8-11)20(18,19)13-9-16-7-6-12(13)15/h3-9H,2H2,1H3,(H2,15,16). The van der Waals surface area contributed by atoms with Crippen LogP contribution in [0.15, 0.2) is 47.6 Å². The normalized spacial score (nSPS) is 11.3. The van der Waals surface area contributed by atoms with E-state index in [9.17, 15) is 12.8 Å². The van der Waals surface area contributed by atoms with Crippen LogP contribution in [0.1, 0.15) is 6.92 Å². The zero-order chi connectivity index (χ0) is 14.8. The Morgan fingerprint density at radius 1 is 1.35 bits per heavy atom. The average Bonchev–Trinajstić information content (AvgIpc) is 2.39. The number of nitrogens with zero attached hydrogens (tertiary/aromatic N) is 2. The van der Waals surface area contributed by atoms with Crippen LogP contribution in [-0.4, -0.2) is 19.9 Å². The molecule has 7 heteroatoms. The molecule has 20 heavy (non-hydrogen) atoms. The van der Waals surface area contributed by atoms with E-state index in [0.29, 0.717) is 0 Å². The molecule has 0 saturated carbocycles. The highest BCUT2D eigenvalue weighted by Crippen LogP contribution is 2.26. The summed E-state index contributed by atoms with van der Waals surface area (Å²) in [5.74, 6) is -0.504. The van der Waals surface area contributed by atoms with Crippen molar-refractivity contribution in [2.45, 2.75) is 11.8 Å². The summed E-state index contributed by atoms with van der Waals surface area (Å²) >= 11 is 0. The summed E-state index contributed by atoms with van der Waals surface area (Å²) in [6, 6.07) is 6.80. The number of anilines is 2. The fourth-order valence-corrected chi connectivity index (χ4v) is 3.38. The van der Waals surface area contributed by atoms with Crippen molar-refractivity contribution in [3.05, 3.63) is 48.5 Å². The number of halogens is 1. The van der Waals surface area contributed by atoms with E-state index in [0.717, 1.165) is 10.4 Å². The maximum atomic E-state index is 13.3. The number of rotatable bonds is 4. The minimum atomic E-state index is -3.87. The predicted octanol–water partition coefficient (Wildman–Crippen LogP) is 2.02. The smallest absolute Gasteiger partial charge is 0.267 e. The molecule has 0 unspecified atom stereocenters. The lowest BCUT2D eigenvalue weighted by atomic mass is 10.3. The minimum absolute atomic E-state index is 0.0916. The molecule has 0 aliphatic rings. The highest BCUT2D eigenvalue weighted by molar-refractivity contribution is 7.93. The van der Waals surface area contributed by atoms with Gasteiger partial charge < -0.3 is 5.73 Å². The lowest BCUT2D eigenvalue weighted by Crippen LogP contribution is -2.31. The van der Waals surface area contributed by atoms with Gasteiger partial charge in [-0.2, -0.15) is 0 Å². The third-order valence-electron chi connectivity index (χ3n) is 2.77. The summed E-state index contributed by atoms with van der Waals surface area (Å²) in [6.45, 7) is 1.81. The van der Waals surface area contributed by atoms with Crippen molar-refractivity contribution in [1.82, 2.24) is 4.98 Å². The molecule has 0 aliphatic heterocycles. The van der Waals surface area contributed by atoms with Gasteiger partial charge in [-0.25, -0.2) is 12.8 Å². The zero-order valence-corrected chi connectivity index (χ0v) is 11.6. The van der Waals surface area contributed by atoms with Crippen LogP contribution in [0.3, 0.4) is 0 Å². The number of nitrogen functional groups attached to an aromatic ring is 1. The minimum Gasteiger partial charge on any atom is -0.398 e. The molecule has 0 amide bonds. The Kier molecular flexibility index (Phi) is 3.89. The van der Waals surface area contributed by atoms with Crippen LogP contribution in [-0.2, 0) is 10.0 Å². The molecule has 5 nitrogen and oxygen atoms in total. The molecule has 106 valence electrons. The molecule has 0 bridgehead atoms. The Hall–Kier alpha value is -2.15. The van der Waals surface area contributed by atoms with Gasteiger partial charge in [0.15, 0.2) is 0 Å². The SMILES string of the molecule is CCN(c1cccc(F)c1)S(=O)(=O)c1cnccc1N. The predicted molar refractivity (Wildman–Crippen MR) is 75.3 cm³/mol. The van der Waals surface area contributed by atoms with Crippen LogP contribution in [0, 0.1) is 5.82 Å². The van der Waals surface area contributed by atoms with E-state index in [-0.39, 0.29) is 22.8 Å². The maximum absolute atomic E-state index is 13.3. The van der Waals surface area contributed by atoms with E-state index < -0.39 is 15.8 Å². The van der Waals surface area contributed by atoms with Crippen molar-refractivity contribution in [3.63, 3.8) is 0 Å². The van der Waals surface area contributed by atoms with E-state index >= 15 is 0 Å². The number of pyridine rings is 1. The van der Waals surface area contributed by atoms with E-state index in [1.54, 1.807) is 6.92 Å². The van der Waals surface area contributed by atoms with Gasteiger partial charge in [0.1, 0.15) is 10.7 Å². The second kappa shape index (κ2) is 5.46. The highest BCUT2D eigenvalue weighted by atomic mass is 32.2. The van der Waals surface area contributed by atoms with Gasteiger partial charge in [0.05, 0.1) is 11.4 Å². The van der Waals surface area contributed by atoms with E-state index in [1.807, 2.05) is 0 Å². The molecule has 2 N–H and O–H groups in total. The largest absolute Gasteiger partial charge is 0.398 e. The van der Waals surface area contributed by atoms with Crippen LogP contribution in [0.2, 0.25) is 0 Å². The van der Waals surface area contributed by atoms with Gasteiger partial charge in [0.25, 0.3) is 10.0 Å². The lowest BCUT2D eigenvalue weighted by molar-refractivity contribution is 0.591. The quantitative estimate of drug-likeness (QED) is 0.936. The second-order valence-electron chi connectivity index (χ2n) is 4.06. The Labute approximate surface area is 116 Å². The van der Waals surface area contributed by atoms with Gasteiger partial charge in [-0.1, -0.05) is 6.07 Å². The Bertz CT molecular complexity index is 719. The van der Waals surface area contributed by atoms with Gasteiger partial charge in [-0.05, 0) is 31.2 Å². The monoisotopic (exact) mass is 295 g/mol. The number of nitrogens with two attached hydrogens (primary N) is 1. The van der Waals surface area contributed by atoms with Gasteiger partial charge in [0, 0.05) is 18.9 Å². The van der Waals surface area contributed by atoms with Crippen LogP contribution in [0.5, 0.6) is 0 Å². The molecule has 1 aromatic heterocycles. The molecule has 0 aliphatic carbocycles. The second-order valence-corrected chi connectivity index (χ2v) is 5.89. The molecule has 0 fully saturated rings. The van der Waals surface area contributed by atoms with Crippen molar-refractivity contribution in [1.29, 1.82) is 0 Å². The Morgan fingerprint density at radius 3 is 2.70 bits per heavy atom. The summed E-state index contributed by atoms with van der Waals surface area (Å²) in [6.07, 6.45) is 2.60. The third-order valence-corrected chi connectivity index (χ3v) is 4.71. The molecule has 1 aromatic carbocycles. The van der Waals surface area contributed by atoms with E-state index in [4.69, 9.17) is 5.73 Å². The van der Waals surface area contributed by atoms with E-state index in [2.05, 4.69) is 4.98 Å². The summed E-state index contributed by atoms with van der Waals surface area (Å²) in [5, 5.41) is 0. The third kappa shape index (κ3) is 2.57. The summed E-state index contributed by atoms with van der Waals surface area (Å²) in [7, 11) is -3.87. The van der Waals surface area contributed by atoms with Gasteiger partial charge >= 0.3 is 0 Å². The van der Waals surface area contributed by atoms with Crippen molar-refractivity contribution in [3.8, 4) is 0 Å². The average molecular weight is 295 g/mol. The summed E-state index contributed by atoms with van der Waals surface area (Å²) < 4.78 is 39.5. The van der Waals surface area contributed by atoms with Crippen LogP contribution in [0.25, 0.3) is 0 Å². The molecule has 0 saturated heterocycles. The molecule has 2 aromatic rings. The number of benzene rings is 1. The first-order valence-corrected chi connectivity index (χ1v) is 7.38. The maximum Gasteiger partial charge on any atom is 0.267 e. The van der Waals surface area contributed by atoms with Crippen LogP contribution >= 0.6 is 0 Å². The van der Waals surface area contributed by atoms with Crippen molar-refractivity contribution >= 4 is 21.4 Å². The van der Waals surface area contributed by atoms with Crippen LogP contribution < -0.4 is 10.0 Å². The molecule has 0 radical (unpaired) electrons. The van der Waals surface area contributed by atoms with Crippen LogP contribution in [0.4, 0.5) is 15.8 Å². The number of hydrogen-bond acceptors (Lipinski definition) is 4. The topological polar surface area (TPSA) is 76.3 Å². The molecular formula is C13H14FN3O2S. The number of aromatic nitrogens is 1. The number of sulfonamides is 1. The number of hydrogen-bond donors (Lipinski definition) is 1. The van der Waals surface area contributed by atoms with Gasteiger partial charge in [0.2, 0.25) is 0 Å². The highest BCUT2D eigenvalue weighted by Gasteiger charge is 2.26. The first-order chi connectivity index (χ1) is 9.46. The first kappa shape index (κ1) is 14.3. The Balaban J connectivity index is 2.54. The zero-order valence-electron chi connectivity index (χ0n) is 10.8. The fourth-order valence-electron chi connectivity index (χ4n) is 1.85. The first-order valence-electron chi connectivity index (χ1n) is 5.94. The van der Waals surface area contributed by atoms with Gasteiger partial charge in [-0.15, -0.1) is 0 Å². The molecular weight excluding hydrogens is 281 g/mol. The molecule has 0 atom stereocenters. The van der Waals surface area contributed by atoms with Crippen molar-refractivity contribution in [2.24, 2.45) is 0 Å². The Morgan fingerprint density at radius 2 is 2.10 bits per heavy atom. The lowest BCUT2D eigenvalue weighted by Gasteiger charge is -2.23. The summed E-state index contributed by atoms with van der Waals surface area (Å²) in [4.78, 5) is 3.69. The van der Waals surface area contributed by atoms with Gasteiger partial charge in [-0.3, -0.25) is 9.29 Å².